The summed E-state index contributed by atoms with van der Waals surface area (Å²) < 4.78 is 22.0. The number of ether oxygens (including phenoxy) is 4. The van der Waals surface area contributed by atoms with Gasteiger partial charge in [-0.05, 0) is 138 Å². The molecule has 4 amide bonds. The minimum absolute atomic E-state index is 0.00693. The van der Waals surface area contributed by atoms with Crippen LogP contribution in [-0.2, 0) is 28.5 Å². The Bertz CT molecular complexity index is 2660. The number of carbonyl (C=O) groups excluding carboxylic acids is 4. The summed E-state index contributed by atoms with van der Waals surface area (Å²) >= 11 is 0. The van der Waals surface area contributed by atoms with E-state index in [4.69, 9.17) is 28.9 Å². The number of alkyl carbamates (subject to hydrolysis) is 1. The van der Waals surface area contributed by atoms with Crippen LogP contribution in [0.15, 0.2) is 73.1 Å². The molecule has 5 aromatic rings. The average molecular weight is 957 g/mol. The van der Waals surface area contributed by atoms with Gasteiger partial charge >= 0.3 is 12.2 Å². The van der Waals surface area contributed by atoms with E-state index in [1.165, 1.54) is 14.2 Å². The Hall–Kier alpha value is -6.26. The van der Waals surface area contributed by atoms with Gasteiger partial charge in [0, 0.05) is 23.7 Å². The third-order valence-corrected chi connectivity index (χ3v) is 15.1. The van der Waals surface area contributed by atoms with E-state index in [0.717, 1.165) is 81.7 Å². The number of aromatic nitrogens is 4. The number of hydrogen-bond donors (Lipinski definition) is 3. The lowest BCUT2D eigenvalue weighted by Gasteiger charge is -2.39. The number of H-pyrrole nitrogens is 2. The van der Waals surface area contributed by atoms with Crippen molar-refractivity contribution < 1.29 is 38.1 Å². The maximum atomic E-state index is 14.4. The summed E-state index contributed by atoms with van der Waals surface area (Å²) in [5.41, 5.74) is 5.86. The maximum absolute atomic E-state index is 14.4. The van der Waals surface area contributed by atoms with Gasteiger partial charge in [0.05, 0.1) is 74.5 Å². The van der Waals surface area contributed by atoms with Crippen LogP contribution in [0.25, 0.3) is 44.4 Å². The van der Waals surface area contributed by atoms with Crippen LogP contribution in [0.3, 0.4) is 0 Å². The Balaban J connectivity index is 0.865. The van der Waals surface area contributed by atoms with E-state index in [1.807, 2.05) is 49.9 Å². The molecule has 0 bridgehead atoms. The van der Waals surface area contributed by atoms with Crippen molar-refractivity contribution in [2.24, 2.45) is 5.92 Å². The Morgan fingerprint density at radius 1 is 0.657 bits per heavy atom. The van der Waals surface area contributed by atoms with Gasteiger partial charge in [0.2, 0.25) is 11.8 Å². The van der Waals surface area contributed by atoms with Crippen molar-refractivity contribution in [1.82, 2.24) is 40.0 Å². The van der Waals surface area contributed by atoms with Gasteiger partial charge in [-0.25, -0.2) is 19.6 Å². The van der Waals surface area contributed by atoms with Gasteiger partial charge in [0.25, 0.3) is 0 Å². The number of methoxy groups -OCH3 is 2. The largest absolute Gasteiger partial charge is 0.453 e. The zero-order valence-corrected chi connectivity index (χ0v) is 41.6. The SMILES string of the molecule is COC(=O)NC(C(=O)N1[C@@H](C)CC[C@H]1c1ncc(-c2ccc(-c3ccc4cc(-c5cnc([C@@H]6CC[C@H](C)N6C(=O)CN(C(=O)OC)C6C[C@H](C)O[C@@H](C)C6)[nH]5)ccc4c3)cc2)[nH]1)C1CC(C)OC(C)C1. The number of carbonyl (C=O) groups is 4. The first-order valence-electron chi connectivity index (χ1n) is 25.1. The van der Waals surface area contributed by atoms with Crippen molar-refractivity contribution in [3.8, 4) is 33.6 Å². The zero-order valence-electron chi connectivity index (χ0n) is 41.6. The maximum Gasteiger partial charge on any atom is 0.410 e. The van der Waals surface area contributed by atoms with Gasteiger partial charge in [0.15, 0.2) is 0 Å². The molecule has 3 unspecified atom stereocenters. The van der Waals surface area contributed by atoms with Crippen molar-refractivity contribution in [3.05, 3.63) is 84.7 Å². The molecule has 2 aromatic heterocycles. The van der Waals surface area contributed by atoms with E-state index in [1.54, 1.807) is 4.90 Å². The first-order chi connectivity index (χ1) is 33.7. The fourth-order valence-electron chi connectivity index (χ4n) is 11.8. The molecular formula is C54H68N8O8. The van der Waals surface area contributed by atoms with Crippen molar-refractivity contribution in [2.75, 3.05) is 20.8 Å². The number of benzene rings is 3. The number of nitrogens with zero attached hydrogens (tertiary/aromatic N) is 5. The first kappa shape index (κ1) is 48.8. The molecule has 16 heteroatoms. The predicted molar refractivity (Wildman–Crippen MR) is 265 cm³/mol. The van der Waals surface area contributed by atoms with Gasteiger partial charge in [0.1, 0.15) is 24.2 Å². The minimum atomic E-state index is -0.735. The van der Waals surface area contributed by atoms with E-state index in [0.29, 0.717) is 25.7 Å². The van der Waals surface area contributed by atoms with Crippen molar-refractivity contribution in [3.63, 3.8) is 0 Å². The Morgan fingerprint density at radius 3 is 1.74 bits per heavy atom. The molecule has 3 aromatic carbocycles. The second-order valence-corrected chi connectivity index (χ2v) is 20.2. The number of hydrogen-bond acceptors (Lipinski definition) is 10. The molecule has 4 aliphatic rings. The molecule has 16 nitrogen and oxygen atoms in total. The average Bonchev–Trinajstić information content (AvgIpc) is 4.18. The molecule has 4 aliphatic heterocycles. The van der Waals surface area contributed by atoms with Crippen LogP contribution in [-0.4, -0.2) is 128 Å². The lowest BCUT2D eigenvalue weighted by atomic mass is 9.85. The molecule has 4 fully saturated rings. The Morgan fingerprint density at radius 2 is 1.16 bits per heavy atom. The topological polar surface area (TPSA) is 184 Å². The fourth-order valence-corrected chi connectivity index (χ4v) is 11.8. The molecule has 3 N–H and O–H groups in total. The van der Waals surface area contributed by atoms with Gasteiger partial charge in [-0.15, -0.1) is 0 Å². The third-order valence-electron chi connectivity index (χ3n) is 15.1. The standard InChI is InChI=1S/C54H68N8O8/c1-30-9-19-46(61(30)48(63)29-60(54(66)68-8)43-23-34(5)70-35(6)24-43)50-56-28-45(58-50)41-18-17-39-25-38(15-16-40(39)26-41)36-11-13-37(14-12-36)44-27-55-51(57-44)47-20-10-31(2)62(47)52(64)49(59-53(65)67-7)42-21-32(3)69-33(4)22-42/h11-18,25-28,30-35,42-43,46-47,49H,9-10,19-24,29H2,1-8H3,(H,55,57)(H,56,58)(H,59,65)/t30-,31-,32?,33?,34-,35-,42?,46-,47-,49?/m0/s1. The highest BCUT2D eigenvalue weighted by molar-refractivity contribution is 5.91. The van der Waals surface area contributed by atoms with E-state index in [2.05, 4.69) is 89.8 Å². The number of nitrogens with one attached hydrogen (secondary N) is 3. The lowest BCUT2D eigenvalue weighted by molar-refractivity contribution is -0.140. The summed E-state index contributed by atoms with van der Waals surface area (Å²) in [6.07, 6.45) is 8.27. The summed E-state index contributed by atoms with van der Waals surface area (Å²) in [6, 6.07) is 19.8. The lowest BCUT2D eigenvalue weighted by Crippen LogP contribution is -2.55. The van der Waals surface area contributed by atoms with Gasteiger partial charge in [-0.2, -0.15) is 0 Å². The van der Waals surface area contributed by atoms with Crippen molar-refractivity contribution in [2.45, 2.75) is 154 Å². The summed E-state index contributed by atoms with van der Waals surface area (Å²) in [5, 5.41) is 5.07. The van der Waals surface area contributed by atoms with Crippen LogP contribution in [0.5, 0.6) is 0 Å². The van der Waals surface area contributed by atoms with E-state index in [-0.39, 0.29) is 78.9 Å². The van der Waals surface area contributed by atoms with Crippen LogP contribution < -0.4 is 5.32 Å². The normalized spacial score (nSPS) is 27.3. The number of aromatic amines is 2. The van der Waals surface area contributed by atoms with Crippen LogP contribution in [0, 0.1) is 5.92 Å². The van der Waals surface area contributed by atoms with E-state index < -0.39 is 18.2 Å². The Labute approximate surface area is 410 Å². The third kappa shape index (κ3) is 10.2. The second-order valence-electron chi connectivity index (χ2n) is 20.2. The Kier molecular flexibility index (Phi) is 14.3. The molecule has 9 atom stereocenters. The van der Waals surface area contributed by atoms with Crippen molar-refractivity contribution >= 4 is 34.8 Å². The van der Waals surface area contributed by atoms with Crippen LogP contribution >= 0.6 is 0 Å². The summed E-state index contributed by atoms with van der Waals surface area (Å²) in [7, 11) is 2.68. The number of imidazole rings is 2. The van der Waals surface area contributed by atoms with Crippen LogP contribution in [0.2, 0.25) is 0 Å². The molecule has 70 heavy (non-hydrogen) atoms. The van der Waals surface area contributed by atoms with Gasteiger partial charge < -0.3 is 44.0 Å². The van der Waals surface area contributed by atoms with Crippen LogP contribution in [0.1, 0.15) is 117 Å². The smallest absolute Gasteiger partial charge is 0.410 e. The molecule has 0 aliphatic carbocycles. The molecule has 0 saturated carbocycles. The summed E-state index contributed by atoms with van der Waals surface area (Å²) in [6.45, 7) is 12.1. The molecule has 9 rings (SSSR count). The number of amides is 4. The molecule has 6 heterocycles. The quantitative estimate of drug-likeness (QED) is 0.115. The number of likely N-dealkylation sites (tertiary alicyclic amines) is 2. The van der Waals surface area contributed by atoms with Crippen LogP contribution in [0.4, 0.5) is 9.59 Å². The van der Waals surface area contributed by atoms with E-state index in [9.17, 15) is 19.2 Å². The van der Waals surface area contributed by atoms with Gasteiger partial charge in [-0.1, -0.05) is 48.5 Å². The highest BCUT2D eigenvalue weighted by Crippen LogP contribution is 2.40. The second kappa shape index (κ2) is 20.6. The number of fused-ring (bicyclic) bond motifs is 1. The molecule has 372 valence electrons. The van der Waals surface area contributed by atoms with Crippen molar-refractivity contribution in [1.29, 1.82) is 0 Å². The number of rotatable bonds is 11. The minimum Gasteiger partial charge on any atom is -0.453 e. The highest BCUT2D eigenvalue weighted by atomic mass is 16.5. The predicted octanol–water partition coefficient (Wildman–Crippen LogP) is 9.34. The molecule has 0 radical (unpaired) electrons. The summed E-state index contributed by atoms with van der Waals surface area (Å²) in [5.74, 6) is 1.13. The molecule has 0 spiro atoms. The highest BCUT2D eigenvalue weighted by Gasteiger charge is 2.45. The first-order valence-corrected chi connectivity index (χ1v) is 25.1. The van der Waals surface area contributed by atoms with E-state index >= 15 is 0 Å². The van der Waals surface area contributed by atoms with Gasteiger partial charge in [-0.3, -0.25) is 14.5 Å². The fraction of sp³-hybridized carbons (Fsp3) is 0.519. The molecule has 4 saturated heterocycles. The molecular weight excluding hydrogens is 889 g/mol. The summed E-state index contributed by atoms with van der Waals surface area (Å²) in [4.78, 5) is 76.1. The zero-order chi connectivity index (χ0) is 49.4. The monoisotopic (exact) mass is 957 g/mol.